The molecule has 2 aliphatic rings. The van der Waals surface area contributed by atoms with Crippen LogP contribution in [0.3, 0.4) is 0 Å². The van der Waals surface area contributed by atoms with Crippen LogP contribution in [0.4, 0.5) is 8.78 Å². The summed E-state index contributed by atoms with van der Waals surface area (Å²) >= 11 is 0. The zero-order valence-electron chi connectivity index (χ0n) is 12.5. The van der Waals surface area contributed by atoms with E-state index in [0.29, 0.717) is 17.9 Å². The first kappa shape index (κ1) is 15.0. The van der Waals surface area contributed by atoms with Crippen LogP contribution in [-0.2, 0) is 5.60 Å². The predicted molar refractivity (Wildman–Crippen MR) is 78.8 cm³/mol. The molecule has 1 nitrogen and oxygen atoms in total. The van der Waals surface area contributed by atoms with Crippen molar-refractivity contribution >= 4 is 0 Å². The van der Waals surface area contributed by atoms with Gasteiger partial charge in [0.25, 0.3) is 0 Å². The van der Waals surface area contributed by atoms with E-state index in [2.05, 4.69) is 0 Å². The molecular weight excluding hydrogens is 270 g/mol. The van der Waals surface area contributed by atoms with Gasteiger partial charge in [-0.1, -0.05) is 51.0 Å². The molecular formula is C18H24F2O. The Balaban J connectivity index is 1.91. The topological polar surface area (TPSA) is 20.2 Å². The van der Waals surface area contributed by atoms with Crippen molar-refractivity contribution in [1.29, 1.82) is 0 Å². The summed E-state index contributed by atoms with van der Waals surface area (Å²) in [6, 6.07) is 3.92. The van der Waals surface area contributed by atoms with Gasteiger partial charge in [0.15, 0.2) is 11.6 Å². The first-order valence-corrected chi connectivity index (χ1v) is 8.29. The smallest absolute Gasteiger partial charge is 0.159 e. The van der Waals surface area contributed by atoms with E-state index in [1.807, 2.05) is 0 Å². The maximum Gasteiger partial charge on any atom is 0.159 e. The molecule has 0 radical (unpaired) electrons. The Kier molecular flexibility index (Phi) is 4.30. The summed E-state index contributed by atoms with van der Waals surface area (Å²) in [6.07, 6.45) is 9.83. The molecule has 0 amide bonds. The van der Waals surface area contributed by atoms with Gasteiger partial charge in [-0.15, -0.1) is 0 Å². The standard InChI is InChI=1S/C18H24F2O/c19-16-10-9-14(12-17(16)20)18(21)11-5-4-8-15(18)13-6-2-1-3-7-13/h9-10,12-13,15,21H,1-8,11H2. The summed E-state index contributed by atoms with van der Waals surface area (Å²) < 4.78 is 26.8. The third-order valence-corrected chi connectivity index (χ3v) is 5.57. The third-order valence-electron chi connectivity index (χ3n) is 5.57. The van der Waals surface area contributed by atoms with E-state index in [-0.39, 0.29) is 5.92 Å². The predicted octanol–water partition coefficient (Wildman–Crippen LogP) is 4.92. The Bertz CT molecular complexity index is 496. The zero-order chi connectivity index (χ0) is 14.9. The van der Waals surface area contributed by atoms with Crippen LogP contribution in [0.25, 0.3) is 0 Å². The van der Waals surface area contributed by atoms with Gasteiger partial charge in [-0.25, -0.2) is 8.78 Å². The van der Waals surface area contributed by atoms with E-state index >= 15 is 0 Å². The molecule has 21 heavy (non-hydrogen) atoms. The van der Waals surface area contributed by atoms with Gasteiger partial charge in [-0.05, 0) is 42.4 Å². The largest absolute Gasteiger partial charge is 0.385 e. The number of halogens is 2. The molecule has 116 valence electrons. The molecule has 1 aromatic rings. The fourth-order valence-electron chi connectivity index (χ4n) is 4.47. The van der Waals surface area contributed by atoms with E-state index in [4.69, 9.17) is 0 Å². The second kappa shape index (κ2) is 6.04. The van der Waals surface area contributed by atoms with Crippen molar-refractivity contribution in [2.75, 3.05) is 0 Å². The Morgan fingerprint density at radius 1 is 0.905 bits per heavy atom. The lowest BCUT2D eigenvalue weighted by Gasteiger charge is -2.45. The number of hydrogen-bond acceptors (Lipinski definition) is 1. The monoisotopic (exact) mass is 294 g/mol. The van der Waals surface area contributed by atoms with Crippen LogP contribution in [0.2, 0.25) is 0 Å². The summed E-state index contributed by atoms with van der Waals surface area (Å²) in [7, 11) is 0. The Morgan fingerprint density at radius 3 is 2.33 bits per heavy atom. The van der Waals surface area contributed by atoms with Gasteiger partial charge >= 0.3 is 0 Å². The number of aliphatic hydroxyl groups is 1. The first-order chi connectivity index (χ1) is 10.1. The highest BCUT2D eigenvalue weighted by Gasteiger charge is 2.44. The van der Waals surface area contributed by atoms with Crippen LogP contribution in [0.1, 0.15) is 63.4 Å². The molecule has 0 aromatic heterocycles. The quantitative estimate of drug-likeness (QED) is 0.820. The molecule has 3 rings (SSSR count). The minimum absolute atomic E-state index is 0.191. The van der Waals surface area contributed by atoms with Gasteiger partial charge in [0.05, 0.1) is 5.60 Å². The van der Waals surface area contributed by atoms with Crippen molar-refractivity contribution in [3.63, 3.8) is 0 Å². The SMILES string of the molecule is OC1(c2ccc(F)c(F)c2)CCCCC1C1CCCCC1. The lowest BCUT2D eigenvalue weighted by Crippen LogP contribution is -2.42. The second-order valence-electron chi connectivity index (χ2n) is 6.80. The summed E-state index contributed by atoms with van der Waals surface area (Å²) in [5.74, 6) is -0.977. The van der Waals surface area contributed by atoms with Gasteiger partial charge in [0.2, 0.25) is 0 Å². The number of hydrogen-bond donors (Lipinski definition) is 1. The van der Waals surface area contributed by atoms with E-state index < -0.39 is 17.2 Å². The average molecular weight is 294 g/mol. The minimum atomic E-state index is -0.977. The van der Waals surface area contributed by atoms with Gasteiger partial charge in [0, 0.05) is 0 Å². The summed E-state index contributed by atoms with van der Waals surface area (Å²) in [5, 5.41) is 11.3. The van der Waals surface area contributed by atoms with E-state index in [1.165, 1.54) is 25.3 Å². The van der Waals surface area contributed by atoms with E-state index in [0.717, 1.165) is 38.2 Å². The Morgan fingerprint density at radius 2 is 1.62 bits per heavy atom. The van der Waals surface area contributed by atoms with Gasteiger partial charge < -0.3 is 5.11 Å². The number of rotatable bonds is 2. The maximum atomic E-state index is 13.6. The van der Waals surface area contributed by atoms with Crippen molar-refractivity contribution < 1.29 is 13.9 Å². The van der Waals surface area contributed by atoms with Crippen LogP contribution in [0.5, 0.6) is 0 Å². The van der Waals surface area contributed by atoms with Gasteiger partial charge in [-0.2, -0.15) is 0 Å². The Hall–Kier alpha value is -0.960. The molecule has 2 atom stereocenters. The lowest BCUT2D eigenvalue weighted by atomic mass is 9.63. The van der Waals surface area contributed by atoms with E-state index in [1.54, 1.807) is 6.07 Å². The van der Waals surface area contributed by atoms with Crippen LogP contribution in [0.15, 0.2) is 18.2 Å². The molecule has 2 saturated carbocycles. The molecule has 0 heterocycles. The molecule has 1 aromatic carbocycles. The molecule has 0 saturated heterocycles. The molecule has 2 aliphatic carbocycles. The highest BCUT2D eigenvalue weighted by Crippen LogP contribution is 2.48. The Labute approximate surface area is 125 Å². The molecule has 1 N–H and O–H groups in total. The molecule has 3 heteroatoms. The third kappa shape index (κ3) is 2.85. The summed E-state index contributed by atoms with van der Waals surface area (Å²) in [6.45, 7) is 0. The number of benzene rings is 1. The summed E-state index contributed by atoms with van der Waals surface area (Å²) in [4.78, 5) is 0. The highest BCUT2D eigenvalue weighted by atomic mass is 19.2. The first-order valence-electron chi connectivity index (χ1n) is 8.29. The van der Waals surface area contributed by atoms with Gasteiger partial charge in [0.1, 0.15) is 0 Å². The molecule has 0 aliphatic heterocycles. The summed E-state index contributed by atoms with van der Waals surface area (Å²) in [5.41, 5.74) is -0.411. The van der Waals surface area contributed by atoms with Crippen molar-refractivity contribution in [3.05, 3.63) is 35.4 Å². The highest BCUT2D eigenvalue weighted by molar-refractivity contribution is 5.26. The molecule has 2 fully saturated rings. The van der Waals surface area contributed by atoms with Crippen LogP contribution < -0.4 is 0 Å². The van der Waals surface area contributed by atoms with Gasteiger partial charge in [-0.3, -0.25) is 0 Å². The second-order valence-corrected chi connectivity index (χ2v) is 6.80. The van der Waals surface area contributed by atoms with Crippen LogP contribution in [0, 0.1) is 23.5 Å². The van der Waals surface area contributed by atoms with Crippen LogP contribution in [-0.4, -0.2) is 5.11 Å². The van der Waals surface area contributed by atoms with Crippen molar-refractivity contribution in [3.8, 4) is 0 Å². The fourth-order valence-corrected chi connectivity index (χ4v) is 4.47. The zero-order valence-corrected chi connectivity index (χ0v) is 12.5. The maximum absolute atomic E-state index is 13.6. The molecule has 2 unspecified atom stereocenters. The average Bonchev–Trinajstić information content (AvgIpc) is 2.51. The van der Waals surface area contributed by atoms with Crippen molar-refractivity contribution in [2.24, 2.45) is 11.8 Å². The lowest BCUT2D eigenvalue weighted by molar-refractivity contribution is -0.0837. The molecule has 0 bridgehead atoms. The van der Waals surface area contributed by atoms with Crippen molar-refractivity contribution in [1.82, 2.24) is 0 Å². The van der Waals surface area contributed by atoms with Crippen molar-refractivity contribution in [2.45, 2.75) is 63.4 Å². The van der Waals surface area contributed by atoms with Crippen LogP contribution >= 0.6 is 0 Å². The fraction of sp³-hybridized carbons (Fsp3) is 0.667. The normalized spacial score (nSPS) is 31.3. The minimum Gasteiger partial charge on any atom is -0.385 e. The molecule has 0 spiro atoms. The van der Waals surface area contributed by atoms with E-state index in [9.17, 15) is 13.9 Å².